The minimum absolute atomic E-state index is 0.681. The summed E-state index contributed by atoms with van der Waals surface area (Å²) in [6, 6.07) is 66.0. The lowest BCUT2D eigenvalue weighted by molar-refractivity contribution is 0.413. The summed E-state index contributed by atoms with van der Waals surface area (Å²) in [6.45, 7) is 12.0. The molecule has 0 amide bonds. The Kier molecular flexibility index (Phi) is 11.1. The van der Waals surface area contributed by atoms with Crippen molar-refractivity contribution >= 4 is 11.0 Å². The summed E-state index contributed by atoms with van der Waals surface area (Å²) in [5.41, 5.74) is 19.8. The van der Waals surface area contributed by atoms with Crippen LogP contribution in [-0.4, -0.2) is 21.6 Å². The molecule has 0 saturated heterocycles. The smallest absolute Gasteiger partial charge is 0.149 e. The van der Waals surface area contributed by atoms with E-state index in [0.717, 1.165) is 123 Å². The third kappa shape index (κ3) is 8.36. The molecule has 2 aromatic heterocycles. The van der Waals surface area contributed by atoms with Gasteiger partial charge in [-0.25, -0.2) is 4.98 Å². The highest BCUT2D eigenvalue weighted by molar-refractivity contribution is 5.99. The third-order valence-electron chi connectivity index (χ3n) is 12.8. The number of methoxy groups -OCH3 is 1. The number of rotatable bonds is 11. The minimum atomic E-state index is -0.906. The molecule has 0 radical (unpaired) electrons. The van der Waals surface area contributed by atoms with Crippen molar-refractivity contribution in [1.29, 1.82) is 0 Å². The Bertz CT molecular complexity index is 3490. The molecule has 4 nitrogen and oxygen atoms in total. The lowest BCUT2D eigenvalue weighted by Gasteiger charge is -2.22. The van der Waals surface area contributed by atoms with Crippen LogP contribution in [0.5, 0.6) is 5.75 Å². The van der Waals surface area contributed by atoms with Crippen molar-refractivity contribution < 1.29 is 7.48 Å². The maximum absolute atomic E-state index is 9.49. The molecule has 0 unspecified atom stereocenters. The quantitative estimate of drug-likeness (QED) is 0.130. The van der Waals surface area contributed by atoms with Gasteiger partial charge in [-0.2, -0.15) is 0 Å². The maximum Gasteiger partial charge on any atom is 0.149 e. The Labute approximate surface area is 398 Å². The van der Waals surface area contributed by atoms with Crippen LogP contribution in [0.15, 0.2) is 194 Å². The Morgan fingerprint density at radius 2 is 1.12 bits per heavy atom. The number of fused-ring (bicyclic) bond motifs is 1. The Hall–Kier alpha value is -7.82. The van der Waals surface area contributed by atoms with E-state index in [0.29, 0.717) is 0 Å². The standard InChI is InChI=1S/C63H55N3O/c1-40(2)44-26-28-46(29-27-44)49-30-31-64-58(37-49)52-35-50(45-18-11-8-12-19-45)34-51(36-52)53-24-17-25-59-61(53)65-63(57-33-42(5)32-43(6)62(57)67-7)66(59)60-39-55(47-20-13-9-14-21-47)54(41(3)4)38-56(60)48-22-15-10-16-23-48/h8-41H,1-7H3/i40D,41D. The highest BCUT2D eigenvalue weighted by Gasteiger charge is 2.25. The van der Waals surface area contributed by atoms with E-state index < -0.39 is 11.8 Å². The van der Waals surface area contributed by atoms with Crippen molar-refractivity contribution in [2.45, 2.75) is 53.3 Å². The van der Waals surface area contributed by atoms with Gasteiger partial charge < -0.3 is 4.74 Å². The molecule has 0 atom stereocenters. The molecule has 0 aliphatic carbocycles. The van der Waals surface area contributed by atoms with Gasteiger partial charge in [0.2, 0.25) is 0 Å². The molecule has 328 valence electrons. The molecule has 0 aliphatic heterocycles. The van der Waals surface area contributed by atoms with Crippen LogP contribution in [0, 0.1) is 13.8 Å². The van der Waals surface area contributed by atoms with Crippen molar-refractivity contribution in [3.8, 4) is 89.7 Å². The average Bonchev–Trinajstić information content (AvgIpc) is 3.76. The van der Waals surface area contributed by atoms with E-state index in [-0.39, 0.29) is 0 Å². The summed E-state index contributed by atoms with van der Waals surface area (Å²) >= 11 is 0. The topological polar surface area (TPSA) is 39.9 Å². The number of hydrogen-bond donors (Lipinski definition) is 0. The number of nitrogens with zero attached hydrogens (tertiary/aromatic N) is 3. The third-order valence-corrected chi connectivity index (χ3v) is 12.8. The number of pyridine rings is 1. The summed E-state index contributed by atoms with van der Waals surface area (Å²) in [6.07, 6.45) is 1.88. The number of aromatic nitrogens is 3. The summed E-state index contributed by atoms with van der Waals surface area (Å²) in [5.74, 6) is -0.0647. The molecule has 0 fully saturated rings. The second-order valence-electron chi connectivity index (χ2n) is 17.9. The van der Waals surface area contributed by atoms with Crippen LogP contribution in [0.3, 0.4) is 0 Å². The number of para-hydroxylation sites is 1. The fourth-order valence-corrected chi connectivity index (χ4v) is 9.53. The number of hydrogen-bond acceptors (Lipinski definition) is 3. The van der Waals surface area contributed by atoms with Crippen molar-refractivity contribution in [2.75, 3.05) is 7.11 Å². The van der Waals surface area contributed by atoms with Gasteiger partial charge in [-0.15, -0.1) is 0 Å². The highest BCUT2D eigenvalue weighted by Crippen LogP contribution is 2.45. The van der Waals surface area contributed by atoms with Crippen molar-refractivity contribution in [3.63, 3.8) is 0 Å². The van der Waals surface area contributed by atoms with E-state index in [4.69, 9.17) is 16.1 Å². The van der Waals surface area contributed by atoms with Crippen molar-refractivity contribution in [2.24, 2.45) is 0 Å². The van der Waals surface area contributed by atoms with Crippen LogP contribution in [0.1, 0.15) is 64.5 Å². The lowest BCUT2D eigenvalue weighted by atomic mass is 9.88. The number of imidazole rings is 1. The molecule has 0 saturated carbocycles. The summed E-state index contributed by atoms with van der Waals surface area (Å²) < 4.78 is 26.6. The highest BCUT2D eigenvalue weighted by atomic mass is 16.5. The minimum Gasteiger partial charge on any atom is -0.496 e. The van der Waals surface area contributed by atoms with E-state index in [2.05, 4.69) is 170 Å². The predicted molar refractivity (Wildman–Crippen MR) is 281 cm³/mol. The summed E-state index contributed by atoms with van der Waals surface area (Å²) in [5, 5.41) is 0. The zero-order chi connectivity index (χ0) is 48.0. The van der Waals surface area contributed by atoms with Gasteiger partial charge in [0.25, 0.3) is 0 Å². The fourth-order valence-electron chi connectivity index (χ4n) is 9.53. The number of aryl methyl sites for hydroxylation is 2. The van der Waals surface area contributed by atoms with Crippen LogP contribution in [0.25, 0.3) is 95.0 Å². The van der Waals surface area contributed by atoms with Crippen molar-refractivity contribution in [1.82, 2.24) is 14.5 Å². The SMILES string of the molecule is [2H]C(C)(C)c1ccc(-c2ccnc(-c3cc(-c4ccccc4)cc(-c4cccc5c4nc(-c4cc(C)cc(C)c4OC)n5-c4cc(-c5ccccc5)c(C([2H])(C)C)cc4-c4ccccc4)c3)c2)cc1. The molecule has 67 heavy (non-hydrogen) atoms. The predicted octanol–water partition coefficient (Wildman–Crippen LogP) is 17.0. The first kappa shape index (κ1) is 40.7. The van der Waals surface area contributed by atoms with Gasteiger partial charge in [0.05, 0.1) is 35.1 Å². The summed E-state index contributed by atoms with van der Waals surface area (Å²) in [7, 11) is 1.74. The molecule has 10 aromatic rings. The Balaban J connectivity index is 1.26. The molecular formula is C63H55N3O. The average molecular weight is 872 g/mol. The van der Waals surface area contributed by atoms with Gasteiger partial charge in [-0.05, 0) is 147 Å². The Morgan fingerprint density at radius 3 is 1.78 bits per heavy atom. The van der Waals surface area contributed by atoms with E-state index in [1.54, 1.807) is 7.11 Å². The van der Waals surface area contributed by atoms with Gasteiger partial charge in [0.1, 0.15) is 11.6 Å². The van der Waals surface area contributed by atoms with Gasteiger partial charge >= 0.3 is 0 Å². The lowest BCUT2D eigenvalue weighted by Crippen LogP contribution is -2.05. The second kappa shape index (κ2) is 18.2. The first-order chi connectivity index (χ1) is 33.2. The zero-order valence-electron chi connectivity index (χ0n) is 41.2. The first-order valence-electron chi connectivity index (χ1n) is 24.0. The van der Waals surface area contributed by atoms with Crippen molar-refractivity contribution in [3.05, 3.63) is 217 Å². The first-order valence-corrected chi connectivity index (χ1v) is 23.0. The van der Waals surface area contributed by atoms with Crippen LogP contribution in [-0.2, 0) is 0 Å². The van der Waals surface area contributed by atoms with Gasteiger partial charge in [0, 0.05) is 25.6 Å². The number of ether oxygens (including phenoxy) is 1. The van der Waals surface area contributed by atoms with E-state index in [1.807, 2.05) is 70.3 Å². The van der Waals surface area contributed by atoms with Crippen LogP contribution >= 0.6 is 0 Å². The van der Waals surface area contributed by atoms with Crippen LogP contribution in [0.2, 0.25) is 0 Å². The van der Waals surface area contributed by atoms with Crippen LogP contribution in [0.4, 0.5) is 0 Å². The molecule has 0 N–H and O–H groups in total. The van der Waals surface area contributed by atoms with Gasteiger partial charge in [-0.3, -0.25) is 9.55 Å². The molecule has 0 spiro atoms. The molecular weight excluding hydrogens is 815 g/mol. The molecule has 10 rings (SSSR count). The van der Waals surface area contributed by atoms with E-state index in [1.165, 1.54) is 0 Å². The number of benzene rings is 8. The molecule has 8 aromatic carbocycles. The van der Waals surface area contributed by atoms with E-state index in [9.17, 15) is 1.37 Å². The fraction of sp³-hybridized carbons (Fsp3) is 0.143. The maximum atomic E-state index is 9.49. The second-order valence-corrected chi connectivity index (χ2v) is 17.9. The van der Waals surface area contributed by atoms with Gasteiger partial charge in [-0.1, -0.05) is 161 Å². The summed E-state index contributed by atoms with van der Waals surface area (Å²) in [4.78, 5) is 10.7. The largest absolute Gasteiger partial charge is 0.496 e. The molecule has 2 heterocycles. The molecule has 0 aliphatic rings. The van der Waals surface area contributed by atoms with E-state index >= 15 is 0 Å². The zero-order valence-corrected chi connectivity index (χ0v) is 39.2. The van der Waals surface area contributed by atoms with Crippen LogP contribution < -0.4 is 4.74 Å². The van der Waals surface area contributed by atoms with Gasteiger partial charge in [0.15, 0.2) is 0 Å². The monoisotopic (exact) mass is 871 g/mol. The molecule has 0 bridgehead atoms. The normalized spacial score (nSPS) is 12.2. The Morgan fingerprint density at radius 1 is 0.493 bits per heavy atom. The molecule has 4 heteroatoms.